The molecule has 2 fully saturated rings. The average Bonchev–Trinajstić information content (AvgIpc) is 3.36. The van der Waals surface area contributed by atoms with Gasteiger partial charge in [-0.05, 0) is 37.3 Å². The van der Waals surface area contributed by atoms with E-state index in [-0.39, 0.29) is 29.8 Å². The predicted molar refractivity (Wildman–Crippen MR) is 128 cm³/mol. The maximum atomic E-state index is 13.3. The van der Waals surface area contributed by atoms with Crippen LogP contribution in [-0.4, -0.2) is 65.6 Å². The fourth-order valence-electron chi connectivity index (χ4n) is 4.81. The zero-order valence-corrected chi connectivity index (χ0v) is 20.8. The number of nitrogens with zero attached hydrogens (tertiary/aromatic N) is 3. The zero-order chi connectivity index (χ0) is 25.5. The molecule has 2 aromatic rings. The Bertz CT molecular complexity index is 1150. The summed E-state index contributed by atoms with van der Waals surface area (Å²) in [7, 11) is -3.93. The highest BCUT2D eigenvalue weighted by Crippen LogP contribution is 2.27. The van der Waals surface area contributed by atoms with Crippen LogP contribution in [0.1, 0.15) is 61.9 Å². The van der Waals surface area contributed by atoms with Crippen LogP contribution in [0.25, 0.3) is 0 Å². The summed E-state index contributed by atoms with van der Waals surface area (Å²) in [6.45, 7) is -0.216. The lowest BCUT2D eigenvalue weighted by molar-refractivity contribution is -0.129. The first-order valence-electron chi connectivity index (χ1n) is 12.3. The third-order valence-electron chi connectivity index (χ3n) is 6.76. The van der Waals surface area contributed by atoms with Crippen molar-refractivity contribution in [2.75, 3.05) is 13.1 Å². The topological polar surface area (TPSA) is 152 Å². The number of nitrogens with one attached hydrogen (secondary N) is 2. The molecule has 1 saturated carbocycles. The molecular weight excluding hydrogens is 486 g/mol. The molecule has 2 N–H and O–H groups in total. The van der Waals surface area contributed by atoms with Gasteiger partial charge in [0.15, 0.2) is 10.8 Å². The number of hydrogen-bond acceptors (Lipinski definition) is 8. The van der Waals surface area contributed by atoms with E-state index in [2.05, 4.69) is 20.8 Å². The smallest absolute Gasteiger partial charge is 0.290 e. The predicted octanol–water partition coefficient (Wildman–Crippen LogP) is 1.68. The molecule has 11 nitrogen and oxygen atoms in total. The van der Waals surface area contributed by atoms with Gasteiger partial charge in [0.1, 0.15) is 6.04 Å². The van der Waals surface area contributed by atoms with E-state index in [1.165, 1.54) is 24.5 Å². The summed E-state index contributed by atoms with van der Waals surface area (Å²) in [6.07, 6.45) is 9.14. The van der Waals surface area contributed by atoms with E-state index >= 15 is 0 Å². The Morgan fingerprint density at radius 1 is 1.08 bits per heavy atom. The van der Waals surface area contributed by atoms with Gasteiger partial charge in [-0.15, -0.1) is 0 Å². The second-order valence-corrected chi connectivity index (χ2v) is 11.2. The van der Waals surface area contributed by atoms with Gasteiger partial charge in [-0.3, -0.25) is 14.4 Å². The van der Waals surface area contributed by atoms with Crippen molar-refractivity contribution in [2.24, 2.45) is 5.92 Å². The highest BCUT2D eigenvalue weighted by Gasteiger charge is 2.35. The number of amides is 2. The molecule has 2 aliphatic rings. The lowest BCUT2D eigenvalue weighted by Gasteiger charge is -2.27. The number of sulfonamides is 1. The van der Waals surface area contributed by atoms with Gasteiger partial charge in [-0.1, -0.05) is 43.3 Å². The van der Waals surface area contributed by atoms with Crippen LogP contribution in [-0.2, 0) is 19.6 Å². The summed E-state index contributed by atoms with van der Waals surface area (Å²) in [5.41, 5.74) is 0. The number of aromatic nitrogens is 2. The molecule has 2 amide bonds. The maximum absolute atomic E-state index is 13.3. The number of hydrogen-bond donors (Lipinski definition) is 2. The minimum Gasteiger partial charge on any atom is -0.351 e. The highest BCUT2D eigenvalue weighted by molar-refractivity contribution is 7.89. The molecule has 1 aliphatic carbocycles. The van der Waals surface area contributed by atoms with E-state index in [0.29, 0.717) is 19.3 Å². The summed E-state index contributed by atoms with van der Waals surface area (Å²) in [5, 5.41) is 8.92. The molecule has 1 aliphatic heterocycles. The van der Waals surface area contributed by atoms with Crippen molar-refractivity contribution in [1.82, 2.24) is 25.1 Å². The zero-order valence-electron chi connectivity index (χ0n) is 20.0. The number of rotatable bonds is 8. The third kappa shape index (κ3) is 6.35. The molecule has 0 unspecified atom stereocenters. The first-order valence-corrected chi connectivity index (χ1v) is 13.7. The quantitative estimate of drug-likeness (QED) is 0.537. The maximum Gasteiger partial charge on any atom is 0.290 e. The summed E-state index contributed by atoms with van der Waals surface area (Å²) < 4.78 is 31.9. The van der Waals surface area contributed by atoms with E-state index in [1.807, 2.05) is 0 Å². The molecule has 194 valence electrons. The van der Waals surface area contributed by atoms with Crippen molar-refractivity contribution in [3.05, 3.63) is 42.4 Å². The lowest BCUT2D eigenvalue weighted by Crippen LogP contribution is -2.53. The van der Waals surface area contributed by atoms with E-state index < -0.39 is 39.7 Å². The Balaban J connectivity index is 1.43. The van der Waals surface area contributed by atoms with E-state index in [0.717, 1.165) is 36.4 Å². The lowest BCUT2D eigenvalue weighted by atomic mass is 9.84. The molecule has 4 rings (SSSR count). The van der Waals surface area contributed by atoms with Crippen LogP contribution in [0.2, 0.25) is 0 Å². The first-order chi connectivity index (χ1) is 17.3. The standard InChI is InChI=1S/C24H31N5O6S/c30-20-16-29(36(33,34)22-10-4-5-12-25-22)14-6-9-18(20)27-23(31)19(15-17-7-2-1-3-8-17)28-24(32)21-11-13-26-35-21/h4-5,10-13,17-19H,1-3,6-9,14-16H2,(H,27,31)(H,28,32)/t18-,19-/m0/s1. The summed E-state index contributed by atoms with van der Waals surface area (Å²) in [6, 6.07) is 4.28. The second kappa shape index (κ2) is 11.7. The Morgan fingerprint density at radius 3 is 2.58 bits per heavy atom. The van der Waals surface area contributed by atoms with Crippen LogP contribution in [0.15, 0.2) is 46.2 Å². The van der Waals surface area contributed by atoms with Gasteiger partial charge < -0.3 is 15.2 Å². The third-order valence-corrected chi connectivity index (χ3v) is 8.52. The van der Waals surface area contributed by atoms with Crippen molar-refractivity contribution in [3.8, 4) is 0 Å². The molecule has 3 heterocycles. The monoisotopic (exact) mass is 517 g/mol. The number of carbonyl (C=O) groups excluding carboxylic acids is 3. The van der Waals surface area contributed by atoms with E-state index in [9.17, 15) is 22.8 Å². The van der Waals surface area contributed by atoms with E-state index in [4.69, 9.17) is 4.52 Å². The molecule has 36 heavy (non-hydrogen) atoms. The van der Waals surface area contributed by atoms with Crippen LogP contribution in [0.4, 0.5) is 0 Å². The Labute approximate surface area is 210 Å². The van der Waals surface area contributed by atoms with Gasteiger partial charge in [-0.2, -0.15) is 4.31 Å². The molecule has 0 aromatic carbocycles. The fourth-order valence-corrected chi connectivity index (χ4v) is 6.18. The Morgan fingerprint density at radius 2 is 1.89 bits per heavy atom. The number of pyridine rings is 1. The summed E-state index contributed by atoms with van der Waals surface area (Å²) in [4.78, 5) is 42.8. The minimum atomic E-state index is -3.93. The fraction of sp³-hybridized carbons (Fsp3) is 0.542. The van der Waals surface area contributed by atoms with Crippen molar-refractivity contribution in [2.45, 2.75) is 68.5 Å². The minimum absolute atomic E-state index is 0.00245. The summed E-state index contributed by atoms with van der Waals surface area (Å²) in [5.74, 6) is -1.14. The van der Waals surface area contributed by atoms with Crippen LogP contribution >= 0.6 is 0 Å². The van der Waals surface area contributed by atoms with Crippen molar-refractivity contribution in [3.63, 3.8) is 0 Å². The molecule has 12 heteroatoms. The van der Waals surface area contributed by atoms with Gasteiger partial charge in [0.2, 0.25) is 11.7 Å². The van der Waals surface area contributed by atoms with Crippen molar-refractivity contribution >= 4 is 27.6 Å². The van der Waals surface area contributed by atoms with Gasteiger partial charge in [0, 0.05) is 18.8 Å². The molecular formula is C24H31N5O6S. The van der Waals surface area contributed by atoms with Crippen LogP contribution in [0, 0.1) is 5.92 Å². The Kier molecular flexibility index (Phi) is 8.47. The van der Waals surface area contributed by atoms with Crippen molar-refractivity contribution in [1.29, 1.82) is 0 Å². The molecule has 1 saturated heterocycles. The molecule has 0 bridgehead atoms. The molecule has 2 aromatic heterocycles. The normalized spacial score (nSPS) is 20.9. The van der Waals surface area contributed by atoms with Crippen molar-refractivity contribution < 1.29 is 27.3 Å². The first kappa shape index (κ1) is 26.0. The summed E-state index contributed by atoms with van der Waals surface area (Å²) >= 11 is 0. The Hall–Kier alpha value is -3.12. The van der Waals surface area contributed by atoms with Crippen LogP contribution < -0.4 is 10.6 Å². The molecule has 0 radical (unpaired) electrons. The average molecular weight is 518 g/mol. The number of ketones is 1. The highest BCUT2D eigenvalue weighted by atomic mass is 32.2. The van der Waals surface area contributed by atoms with E-state index in [1.54, 1.807) is 12.1 Å². The van der Waals surface area contributed by atoms with Gasteiger partial charge >= 0.3 is 0 Å². The van der Waals surface area contributed by atoms with Crippen LogP contribution in [0.3, 0.4) is 0 Å². The van der Waals surface area contributed by atoms with Gasteiger partial charge in [-0.25, -0.2) is 13.4 Å². The second-order valence-electron chi connectivity index (χ2n) is 9.32. The van der Waals surface area contributed by atoms with Gasteiger partial charge in [0.05, 0.1) is 18.8 Å². The molecule has 0 spiro atoms. The number of Topliss-reactive ketones (excluding diaryl/α,β-unsaturated/α-hetero) is 1. The van der Waals surface area contributed by atoms with Gasteiger partial charge in [0.25, 0.3) is 15.9 Å². The molecule has 2 atom stereocenters. The SMILES string of the molecule is O=C(N[C@@H](CC1CCCCC1)C(=O)N[C@H]1CCCN(S(=O)(=O)c2ccccn2)CC1=O)c1ccno1. The number of carbonyl (C=O) groups is 3. The largest absolute Gasteiger partial charge is 0.351 e. The van der Waals surface area contributed by atoms with Crippen LogP contribution in [0.5, 0.6) is 0 Å².